The third kappa shape index (κ3) is 4.94. The molecule has 3 N–H and O–H groups in total. The Bertz CT molecular complexity index is 416. The van der Waals surface area contributed by atoms with Crippen LogP contribution < -0.4 is 11.1 Å². The Labute approximate surface area is 122 Å². The van der Waals surface area contributed by atoms with E-state index in [1.54, 1.807) is 0 Å². The molecule has 1 rings (SSSR count). The number of aryl methyl sites for hydroxylation is 1. The zero-order valence-electron chi connectivity index (χ0n) is 12.9. The van der Waals surface area contributed by atoms with Gasteiger partial charge in [-0.3, -0.25) is 9.69 Å². The fourth-order valence-electron chi connectivity index (χ4n) is 2.45. The molecule has 20 heavy (non-hydrogen) atoms. The molecule has 1 amide bonds. The van der Waals surface area contributed by atoms with Crippen molar-refractivity contribution in [3.05, 3.63) is 29.8 Å². The van der Waals surface area contributed by atoms with Crippen molar-refractivity contribution >= 4 is 11.6 Å². The molecule has 0 aliphatic carbocycles. The number of carbonyl (C=O) groups is 1. The van der Waals surface area contributed by atoms with Gasteiger partial charge in [-0.25, -0.2) is 0 Å². The number of nitrogens with two attached hydrogens (primary N) is 1. The molecule has 0 spiro atoms. The zero-order valence-corrected chi connectivity index (χ0v) is 12.9. The van der Waals surface area contributed by atoms with Crippen molar-refractivity contribution in [2.75, 3.05) is 25.0 Å². The van der Waals surface area contributed by atoms with E-state index in [1.807, 2.05) is 31.2 Å². The number of nitrogens with one attached hydrogen (secondary N) is 1. The molecule has 0 aliphatic heterocycles. The van der Waals surface area contributed by atoms with Crippen LogP contribution in [0.15, 0.2) is 24.3 Å². The van der Waals surface area contributed by atoms with Gasteiger partial charge < -0.3 is 11.1 Å². The number of hydrogen-bond donors (Lipinski definition) is 2. The SMILES string of the molecule is CCC(CC)N(CCN)CC(=O)Nc1ccccc1C. The summed E-state index contributed by atoms with van der Waals surface area (Å²) < 4.78 is 0. The number of hydrogen-bond acceptors (Lipinski definition) is 3. The molecule has 0 radical (unpaired) electrons. The lowest BCUT2D eigenvalue weighted by molar-refractivity contribution is -0.117. The van der Waals surface area contributed by atoms with Gasteiger partial charge in [0.25, 0.3) is 0 Å². The summed E-state index contributed by atoms with van der Waals surface area (Å²) in [6, 6.07) is 8.24. The highest BCUT2D eigenvalue weighted by atomic mass is 16.2. The van der Waals surface area contributed by atoms with Gasteiger partial charge in [0.2, 0.25) is 5.91 Å². The second-order valence-electron chi connectivity index (χ2n) is 5.09. The van der Waals surface area contributed by atoms with E-state index in [0.717, 1.165) is 30.6 Å². The van der Waals surface area contributed by atoms with Gasteiger partial charge in [0.15, 0.2) is 0 Å². The van der Waals surface area contributed by atoms with Gasteiger partial charge >= 0.3 is 0 Å². The first kappa shape index (κ1) is 16.7. The fourth-order valence-corrected chi connectivity index (χ4v) is 2.45. The highest BCUT2D eigenvalue weighted by Gasteiger charge is 2.17. The maximum atomic E-state index is 12.2. The first-order chi connectivity index (χ1) is 9.62. The van der Waals surface area contributed by atoms with E-state index in [0.29, 0.717) is 19.1 Å². The molecule has 0 unspecified atom stereocenters. The number of amides is 1. The minimum Gasteiger partial charge on any atom is -0.329 e. The largest absolute Gasteiger partial charge is 0.329 e. The van der Waals surface area contributed by atoms with Crippen molar-refractivity contribution in [1.82, 2.24) is 4.90 Å². The summed E-state index contributed by atoms with van der Waals surface area (Å²) in [7, 11) is 0. The standard InChI is InChI=1S/C16H27N3O/c1-4-14(5-2)19(11-10-17)12-16(20)18-15-9-7-6-8-13(15)3/h6-9,14H,4-5,10-12,17H2,1-3H3,(H,18,20). The summed E-state index contributed by atoms with van der Waals surface area (Å²) in [5, 5.41) is 2.98. The summed E-state index contributed by atoms with van der Waals surface area (Å²) in [5.74, 6) is 0.0275. The Hall–Kier alpha value is -1.39. The molecule has 0 saturated heterocycles. The number of carbonyl (C=O) groups excluding carboxylic acids is 1. The van der Waals surface area contributed by atoms with Crippen LogP contribution in [0.4, 0.5) is 5.69 Å². The third-order valence-corrected chi connectivity index (χ3v) is 3.64. The second kappa shape index (κ2) is 8.72. The number of para-hydroxylation sites is 1. The van der Waals surface area contributed by atoms with E-state index in [-0.39, 0.29) is 5.91 Å². The van der Waals surface area contributed by atoms with Gasteiger partial charge in [-0.1, -0.05) is 32.0 Å². The average Bonchev–Trinajstić information content (AvgIpc) is 2.43. The molecule has 4 nitrogen and oxygen atoms in total. The van der Waals surface area contributed by atoms with E-state index in [2.05, 4.69) is 24.1 Å². The predicted molar refractivity (Wildman–Crippen MR) is 84.8 cm³/mol. The quantitative estimate of drug-likeness (QED) is 0.767. The first-order valence-corrected chi connectivity index (χ1v) is 7.41. The van der Waals surface area contributed by atoms with E-state index < -0.39 is 0 Å². The molecule has 0 bridgehead atoms. The van der Waals surface area contributed by atoms with Gasteiger partial charge in [0.1, 0.15) is 0 Å². The van der Waals surface area contributed by atoms with Gasteiger partial charge in [0, 0.05) is 24.8 Å². The van der Waals surface area contributed by atoms with Crippen molar-refractivity contribution < 1.29 is 4.79 Å². The van der Waals surface area contributed by atoms with E-state index in [9.17, 15) is 4.79 Å². The Morgan fingerprint density at radius 3 is 2.50 bits per heavy atom. The summed E-state index contributed by atoms with van der Waals surface area (Å²) >= 11 is 0. The lowest BCUT2D eigenvalue weighted by Crippen LogP contribution is -2.43. The maximum absolute atomic E-state index is 12.2. The highest BCUT2D eigenvalue weighted by Crippen LogP contribution is 2.14. The monoisotopic (exact) mass is 277 g/mol. The van der Waals surface area contributed by atoms with Crippen LogP contribution in [0.5, 0.6) is 0 Å². The van der Waals surface area contributed by atoms with Gasteiger partial charge in [-0.15, -0.1) is 0 Å². The van der Waals surface area contributed by atoms with Crippen molar-refractivity contribution in [3.63, 3.8) is 0 Å². The van der Waals surface area contributed by atoms with Crippen LogP contribution in [0.2, 0.25) is 0 Å². The molecule has 1 aromatic carbocycles. The van der Waals surface area contributed by atoms with Gasteiger partial charge in [-0.05, 0) is 31.4 Å². The fraction of sp³-hybridized carbons (Fsp3) is 0.562. The van der Waals surface area contributed by atoms with Gasteiger partial charge in [-0.2, -0.15) is 0 Å². The normalized spacial score (nSPS) is 11.1. The van der Waals surface area contributed by atoms with Crippen LogP contribution in [0, 0.1) is 6.92 Å². The van der Waals surface area contributed by atoms with Gasteiger partial charge in [0.05, 0.1) is 6.54 Å². The minimum atomic E-state index is 0.0275. The highest BCUT2D eigenvalue weighted by molar-refractivity contribution is 5.92. The maximum Gasteiger partial charge on any atom is 0.238 e. The smallest absolute Gasteiger partial charge is 0.238 e. The Kier molecular flexibility index (Phi) is 7.26. The molecular weight excluding hydrogens is 250 g/mol. The minimum absolute atomic E-state index is 0.0275. The second-order valence-corrected chi connectivity index (χ2v) is 5.09. The lowest BCUT2D eigenvalue weighted by Gasteiger charge is -2.29. The average molecular weight is 277 g/mol. The van der Waals surface area contributed by atoms with Crippen LogP contribution in [-0.2, 0) is 4.79 Å². The first-order valence-electron chi connectivity index (χ1n) is 7.41. The number of rotatable bonds is 8. The van der Waals surface area contributed by atoms with E-state index >= 15 is 0 Å². The van der Waals surface area contributed by atoms with Crippen molar-refractivity contribution in [2.45, 2.75) is 39.7 Å². The molecule has 0 saturated carbocycles. The number of benzene rings is 1. The Balaban J connectivity index is 2.64. The lowest BCUT2D eigenvalue weighted by atomic mass is 10.1. The third-order valence-electron chi connectivity index (χ3n) is 3.64. The van der Waals surface area contributed by atoms with Crippen LogP contribution >= 0.6 is 0 Å². The number of nitrogens with zero attached hydrogens (tertiary/aromatic N) is 1. The summed E-state index contributed by atoms with van der Waals surface area (Å²) in [6.45, 7) is 8.03. The summed E-state index contributed by atoms with van der Waals surface area (Å²) in [4.78, 5) is 14.4. The predicted octanol–water partition coefficient (Wildman–Crippen LogP) is 2.38. The van der Waals surface area contributed by atoms with Crippen molar-refractivity contribution in [2.24, 2.45) is 5.73 Å². The molecule has 4 heteroatoms. The van der Waals surface area contributed by atoms with Crippen molar-refractivity contribution in [1.29, 1.82) is 0 Å². The molecule has 0 heterocycles. The summed E-state index contributed by atoms with van der Waals surface area (Å²) in [6.07, 6.45) is 2.07. The van der Waals surface area contributed by atoms with Crippen molar-refractivity contribution in [3.8, 4) is 0 Å². The van der Waals surface area contributed by atoms with Crippen LogP contribution in [0.3, 0.4) is 0 Å². The Morgan fingerprint density at radius 2 is 1.95 bits per heavy atom. The molecule has 0 fully saturated rings. The zero-order chi connectivity index (χ0) is 15.0. The molecule has 112 valence electrons. The molecule has 0 atom stereocenters. The molecule has 0 aliphatic rings. The van der Waals surface area contributed by atoms with E-state index in [4.69, 9.17) is 5.73 Å². The van der Waals surface area contributed by atoms with Crippen LogP contribution in [-0.4, -0.2) is 36.5 Å². The van der Waals surface area contributed by atoms with Crippen LogP contribution in [0.1, 0.15) is 32.3 Å². The molecule has 1 aromatic rings. The van der Waals surface area contributed by atoms with Crippen LogP contribution in [0.25, 0.3) is 0 Å². The summed E-state index contributed by atoms with van der Waals surface area (Å²) in [5.41, 5.74) is 7.62. The molecule has 0 aromatic heterocycles. The number of anilines is 1. The Morgan fingerprint density at radius 1 is 1.30 bits per heavy atom. The molecular formula is C16H27N3O. The topological polar surface area (TPSA) is 58.4 Å². The van der Waals surface area contributed by atoms with E-state index in [1.165, 1.54) is 0 Å².